The molecule has 6 rings (SSSR count). The maximum absolute atomic E-state index is 12.7. The summed E-state index contributed by atoms with van der Waals surface area (Å²) in [5.74, 6) is 1.95. The van der Waals surface area contributed by atoms with Gasteiger partial charge < -0.3 is 15.7 Å². The molecular weight excluding hydrogens is 366 g/mol. The number of nitrogens with one attached hydrogen (secondary N) is 2. The van der Waals surface area contributed by atoms with Crippen LogP contribution in [-0.4, -0.2) is 52.6 Å². The summed E-state index contributed by atoms with van der Waals surface area (Å²) in [7, 11) is 0. The first-order valence-electron chi connectivity index (χ1n) is 11.2. The van der Waals surface area contributed by atoms with E-state index < -0.39 is 5.54 Å². The van der Waals surface area contributed by atoms with Gasteiger partial charge in [0.05, 0.1) is 18.7 Å². The minimum Gasteiger partial charge on any atom is -0.394 e. The average molecular weight is 400 g/mol. The van der Waals surface area contributed by atoms with Crippen molar-refractivity contribution in [1.82, 2.24) is 15.5 Å². The first-order valence-corrected chi connectivity index (χ1v) is 11.2. The van der Waals surface area contributed by atoms with Gasteiger partial charge >= 0.3 is 0 Å². The van der Waals surface area contributed by atoms with Crippen LogP contribution in [0.25, 0.3) is 0 Å². The Kier molecular flexibility index (Phi) is 4.63. The SMILES string of the molecule is CC(C)(CO)NC(=O)CN1[C@@H]2CC[C@H]1CC(CC(=O)NC1=C3C=C4C(C1)CC43)C2. The smallest absolute Gasteiger partial charge is 0.234 e. The number of hydrogen-bond acceptors (Lipinski definition) is 4. The standard InChI is InChI=1S/C23H33N3O3/c1-23(2,12-27)25-22(29)11-26-15-3-4-16(26)6-13(5-15)7-21(28)24-20-9-14-8-18-17(14)10-19(18)20/h10,13-16,18,27H,3-9,11-12H2,1-2H3,(H,24,28)(H,25,29)/t13?,14?,15-,16+,18?. The highest BCUT2D eigenvalue weighted by atomic mass is 16.3. The third-order valence-electron chi connectivity index (χ3n) is 7.84. The molecule has 6 bridgehead atoms. The van der Waals surface area contributed by atoms with Crippen LogP contribution in [0.5, 0.6) is 0 Å². The minimum atomic E-state index is -0.585. The number of aliphatic hydroxyl groups excluding tert-OH is 1. The van der Waals surface area contributed by atoms with Crippen molar-refractivity contribution in [3.8, 4) is 0 Å². The molecule has 2 heterocycles. The van der Waals surface area contributed by atoms with Crippen molar-refractivity contribution in [2.24, 2.45) is 17.8 Å². The fraction of sp³-hybridized carbons (Fsp3) is 0.739. The molecule has 2 aliphatic heterocycles. The fourth-order valence-corrected chi connectivity index (χ4v) is 6.29. The fourth-order valence-electron chi connectivity index (χ4n) is 6.29. The second kappa shape index (κ2) is 6.95. The van der Waals surface area contributed by atoms with Crippen LogP contribution < -0.4 is 10.6 Å². The number of allylic oxidation sites excluding steroid dienone is 4. The molecule has 0 spiro atoms. The Morgan fingerprint density at radius 3 is 2.45 bits per heavy atom. The quantitative estimate of drug-likeness (QED) is 0.610. The molecular formula is C23H33N3O3. The van der Waals surface area contributed by atoms with Crippen LogP contribution >= 0.6 is 0 Å². The number of rotatable bonds is 7. The molecule has 6 heteroatoms. The summed E-state index contributed by atoms with van der Waals surface area (Å²) in [4.78, 5) is 27.4. The van der Waals surface area contributed by atoms with Crippen LogP contribution in [-0.2, 0) is 9.59 Å². The largest absolute Gasteiger partial charge is 0.394 e. The van der Waals surface area contributed by atoms with Gasteiger partial charge in [0.2, 0.25) is 11.8 Å². The first kappa shape index (κ1) is 19.3. The molecule has 0 aromatic rings. The molecule has 3 N–H and O–H groups in total. The zero-order chi connectivity index (χ0) is 20.3. The van der Waals surface area contributed by atoms with E-state index in [0.29, 0.717) is 42.8 Å². The molecule has 5 atom stereocenters. The summed E-state index contributed by atoms with van der Waals surface area (Å²) in [6.45, 7) is 3.98. The van der Waals surface area contributed by atoms with Crippen molar-refractivity contribution in [2.75, 3.05) is 13.2 Å². The predicted octanol–water partition coefficient (Wildman–Crippen LogP) is 1.86. The van der Waals surface area contributed by atoms with E-state index in [9.17, 15) is 14.7 Å². The Morgan fingerprint density at radius 2 is 1.90 bits per heavy atom. The molecule has 3 unspecified atom stereocenters. The number of nitrogens with zero attached hydrogens (tertiary/aromatic N) is 1. The Hall–Kier alpha value is -1.66. The van der Waals surface area contributed by atoms with Gasteiger partial charge in [-0.15, -0.1) is 0 Å². The van der Waals surface area contributed by atoms with E-state index in [1.807, 2.05) is 13.8 Å². The summed E-state index contributed by atoms with van der Waals surface area (Å²) in [5.41, 5.74) is 3.61. The van der Waals surface area contributed by atoms with Crippen molar-refractivity contribution in [3.63, 3.8) is 0 Å². The van der Waals surface area contributed by atoms with Gasteiger partial charge in [0.25, 0.3) is 0 Å². The number of fused-ring (bicyclic) bond motifs is 3. The first-order chi connectivity index (χ1) is 13.8. The topological polar surface area (TPSA) is 81.7 Å². The lowest BCUT2D eigenvalue weighted by atomic mass is 9.53. The van der Waals surface area contributed by atoms with Gasteiger partial charge in [0, 0.05) is 30.1 Å². The molecule has 29 heavy (non-hydrogen) atoms. The number of aliphatic hydroxyl groups is 1. The van der Waals surface area contributed by atoms with E-state index >= 15 is 0 Å². The second-order valence-electron chi connectivity index (χ2n) is 10.5. The number of carbonyl (C=O) groups is 2. The van der Waals surface area contributed by atoms with E-state index in [-0.39, 0.29) is 18.4 Å². The van der Waals surface area contributed by atoms with Crippen LogP contribution in [0, 0.1) is 17.8 Å². The van der Waals surface area contributed by atoms with Gasteiger partial charge in [0.15, 0.2) is 0 Å². The van der Waals surface area contributed by atoms with Crippen molar-refractivity contribution in [3.05, 3.63) is 22.9 Å². The normalized spacial score (nSPS) is 34.9. The third kappa shape index (κ3) is 3.44. The molecule has 0 radical (unpaired) electrons. The van der Waals surface area contributed by atoms with E-state index in [0.717, 1.165) is 32.1 Å². The van der Waals surface area contributed by atoms with E-state index in [1.54, 1.807) is 5.57 Å². The van der Waals surface area contributed by atoms with Crippen molar-refractivity contribution >= 4 is 11.8 Å². The van der Waals surface area contributed by atoms with E-state index in [1.165, 1.54) is 17.7 Å². The van der Waals surface area contributed by atoms with Gasteiger partial charge in [0.1, 0.15) is 0 Å². The minimum absolute atomic E-state index is 0.0191. The highest BCUT2D eigenvalue weighted by Crippen LogP contribution is 2.59. The summed E-state index contributed by atoms with van der Waals surface area (Å²) < 4.78 is 0. The second-order valence-corrected chi connectivity index (χ2v) is 10.5. The molecule has 0 aromatic carbocycles. The molecule has 6 aliphatic rings. The summed E-state index contributed by atoms with van der Waals surface area (Å²) in [5, 5.41) is 15.5. The lowest BCUT2D eigenvalue weighted by Gasteiger charge is -2.53. The molecule has 2 saturated heterocycles. The number of carbonyl (C=O) groups excluding carboxylic acids is 2. The maximum atomic E-state index is 12.7. The zero-order valence-corrected chi connectivity index (χ0v) is 17.5. The van der Waals surface area contributed by atoms with Gasteiger partial charge in [-0.25, -0.2) is 0 Å². The monoisotopic (exact) mass is 399 g/mol. The predicted molar refractivity (Wildman–Crippen MR) is 110 cm³/mol. The Labute approximate surface area is 172 Å². The molecule has 4 aliphatic carbocycles. The van der Waals surface area contributed by atoms with Crippen molar-refractivity contribution in [1.29, 1.82) is 0 Å². The van der Waals surface area contributed by atoms with Crippen LogP contribution in [0.2, 0.25) is 0 Å². The molecule has 1 saturated carbocycles. The summed E-state index contributed by atoms with van der Waals surface area (Å²) in [6, 6.07) is 0.798. The summed E-state index contributed by atoms with van der Waals surface area (Å²) in [6.07, 6.45) is 9.46. The number of amides is 2. The van der Waals surface area contributed by atoms with E-state index in [2.05, 4.69) is 21.6 Å². The van der Waals surface area contributed by atoms with Gasteiger partial charge in [-0.2, -0.15) is 0 Å². The van der Waals surface area contributed by atoms with Crippen LogP contribution in [0.4, 0.5) is 0 Å². The van der Waals surface area contributed by atoms with Gasteiger partial charge in [-0.05, 0) is 69.8 Å². The molecule has 158 valence electrons. The van der Waals surface area contributed by atoms with Gasteiger partial charge in [-0.1, -0.05) is 11.6 Å². The Balaban J connectivity index is 1.13. The van der Waals surface area contributed by atoms with Crippen molar-refractivity contribution < 1.29 is 14.7 Å². The molecule has 6 nitrogen and oxygen atoms in total. The lowest BCUT2D eigenvalue weighted by molar-refractivity contribution is -0.126. The number of hydrogen-bond donors (Lipinski definition) is 3. The maximum Gasteiger partial charge on any atom is 0.234 e. The lowest BCUT2D eigenvalue weighted by Crippen LogP contribution is -2.53. The van der Waals surface area contributed by atoms with E-state index in [4.69, 9.17) is 0 Å². The molecule has 0 aromatic heterocycles. The summed E-state index contributed by atoms with van der Waals surface area (Å²) >= 11 is 0. The molecule has 3 fully saturated rings. The molecule has 2 amide bonds. The van der Waals surface area contributed by atoms with Crippen LogP contribution in [0.1, 0.15) is 58.8 Å². The highest BCUT2D eigenvalue weighted by molar-refractivity contribution is 5.80. The zero-order valence-electron chi connectivity index (χ0n) is 17.5. The van der Waals surface area contributed by atoms with Gasteiger partial charge in [-0.3, -0.25) is 14.5 Å². The Bertz CT molecular complexity index is 785. The van der Waals surface area contributed by atoms with Crippen LogP contribution in [0.15, 0.2) is 22.9 Å². The van der Waals surface area contributed by atoms with Crippen LogP contribution in [0.3, 0.4) is 0 Å². The number of piperidine rings is 1. The highest BCUT2D eigenvalue weighted by Gasteiger charge is 2.49. The van der Waals surface area contributed by atoms with Crippen molar-refractivity contribution in [2.45, 2.75) is 76.4 Å². The average Bonchev–Trinajstić information content (AvgIpc) is 2.87. The Morgan fingerprint density at radius 1 is 1.17 bits per heavy atom. The third-order valence-corrected chi connectivity index (χ3v) is 7.84.